The molecule has 0 aromatic heterocycles. The summed E-state index contributed by atoms with van der Waals surface area (Å²) >= 11 is 0. The summed E-state index contributed by atoms with van der Waals surface area (Å²) in [5, 5.41) is 0. The van der Waals surface area contributed by atoms with E-state index in [0.29, 0.717) is 5.92 Å². The second kappa shape index (κ2) is 6.07. The summed E-state index contributed by atoms with van der Waals surface area (Å²) in [6, 6.07) is 0. The van der Waals surface area contributed by atoms with Gasteiger partial charge in [-0.1, -0.05) is 32.8 Å². The third kappa shape index (κ3) is 3.99. The van der Waals surface area contributed by atoms with Gasteiger partial charge < -0.3 is 4.74 Å². The Hall–Kier alpha value is -0.790. The highest BCUT2D eigenvalue weighted by molar-refractivity contribution is 5.66. The van der Waals surface area contributed by atoms with E-state index in [1.807, 2.05) is 0 Å². The number of carbonyl (C=O) groups is 1. The summed E-state index contributed by atoms with van der Waals surface area (Å²) in [7, 11) is 0. The van der Waals surface area contributed by atoms with Gasteiger partial charge in [-0.05, 0) is 37.7 Å². The summed E-state index contributed by atoms with van der Waals surface area (Å²) in [5.74, 6) is 0.407. The zero-order valence-corrected chi connectivity index (χ0v) is 10.8. The van der Waals surface area contributed by atoms with E-state index < -0.39 is 0 Å². The maximum Gasteiger partial charge on any atom is 0.303 e. The Kier molecular flexibility index (Phi) is 5.04. The van der Waals surface area contributed by atoms with Crippen LogP contribution in [0.2, 0.25) is 0 Å². The molecule has 1 aliphatic carbocycles. The molecule has 0 spiro atoms. The molecule has 0 radical (unpaired) electrons. The molecule has 0 aliphatic heterocycles. The first-order valence-electron chi connectivity index (χ1n) is 6.47. The molecular weight excluding hydrogens is 200 g/mol. The van der Waals surface area contributed by atoms with Crippen molar-refractivity contribution in [2.75, 3.05) is 0 Å². The predicted octanol–water partition coefficient (Wildman–Crippen LogP) is 3.85. The highest BCUT2D eigenvalue weighted by Crippen LogP contribution is 2.33. The minimum Gasteiger partial charge on any atom is -0.455 e. The van der Waals surface area contributed by atoms with Crippen molar-refractivity contribution in [1.82, 2.24) is 0 Å². The van der Waals surface area contributed by atoms with Crippen molar-refractivity contribution < 1.29 is 9.53 Å². The van der Waals surface area contributed by atoms with Crippen molar-refractivity contribution in [3.8, 4) is 0 Å². The lowest BCUT2D eigenvalue weighted by Gasteiger charge is -2.34. The van der Waals surface area contributed by atoms with E-state index in [-0.39, 0.29) is 11.6 Å². The quantitative estimate of drug-likeness (QED) is 0.535. The Morgan fingerprint density at radius 2 is 2.00 bits per heavy atom. The third-order valence-electron chi connectivity index (χ3n) is 3.42. The molecule has 0 heterocycles. The van der Waals surface area contributed by atoms with Crippen molar-refractivity contribution in [3.63, 3.8) is 0 Å². The normalized spacial score (nSPS) is 21.9. The standard InChI is InChI=1S/C14H24O2/c1-4-12(2)8-11-14(16-13(3)15)9-6-5-7-10-14/h8,11-12H,4-7,9-10H2,1-3H3. The van der Waals surface area contributed by atoms with E-state index in [9.17, 15) is 4.79 Å². The third-order valence-corrected chi connectivity index (χ3v) is 3.42. The molecule has 92 valence electrons. The summed E-state index contributed by atoms with van der Waals surface area (Å²) < 4.78 is 5.55. The molecule has 1 atom stereocenters. The first-order valence-corrected chi connectivity index (χ1v) is 6.47. The van der Waals surface area contributed by atoms with Gasteiger partial charge in [0.15, 0.2) is 0 Å². The van der Waals surface area contributed by atoms with Gasteiger partial charge in [0.1, 0.15) is 5.60 Å². The van der Waals surface area contributed by atoms with Crippen molar-refractivity contribution in [1.29, 1.82) is 0 Å². The fourth-order valence-electron chi connectivity index (χ4n) is 2.21. The average molecular weight is 224 g/mol. The molecule has 0 saturated heterocycles. The van der Waals surface area contributed by atoms with Crippen LogP contribution in [0.5, 0.6) is 0 Å². The molecule has 16 heavy (non-hydrogen) atoms. The lowest BCUT2D eigenvalue weighted by atomic mass is 9.83. The molecule has 1 rings (SSSR count). The number of esters is 1. The molecule has 0 amide bonds. The topological polar surface area (TPSA) is 26.3 Å². The van der Waals surface area contributed by atoms with Crippen LogP contribution >= 0.6 is 0 Å². The minimum absolute atomic E-state index is 0.157. The Labute approximate surface area is 99.1 Å². The zero-order valence-electron chi connectivity index (χ0n) is 10.8. The Bertz CT molecular complexity index is 249. The number of ether oxygens (including phenoxy) is 1. The van der Waals surface area contributed by atoms with Gasteiger partial charge in [-0.3, -0.25) is 4.79 Å². The zero-order chi connectivity index (χ0) is 12.0. The second-order valence-electron chi connectivity index (χ2n) is 4.96. The van der Waals surface area contributed by atoms with Gasteiger partial charge in [-0.2, -0.15) is 0 Å². The van der Waals surface area contributed by atoms with Crippen LogP contribution in [0.1, 0.15) is 59.3 Å². The van der Waals surface area contributed by atoms with Crippen LogP contribution < -0.4 is 0 Å². The van der Waals surface area contributed by atoms with Crippen LogP contribution in [0.15, 0.2) is 12.2 Å². The number of hydrogen-bond donors (Lipinski definition) is 0. The highest BCUT2D eigenvalue weighted by Gasteiger charge is 2.32. The number of rotatable bonds is 4. The maximum atomic E-state index is 11.2. The van der Waals surface area contributed by atoms with Gasteiger partial charge in [0.25, 0.3) is 0 Å². The van der Waals surface area contributed by atoms with E-state index >= 15 is 0 Å². The fraction of sp³-hybridized carbons (Fsp3) is 0.786. The van der Waals surface area contributed by atoms with Crippen LogP contribution in [-0.2, 0) is 9.53 Å². The lowest BCUT2D eigenvalue weighted by Crippen LogP contribution is -2.34. The van der Waals surface area contributed by atoms with Crippen LogP contribution in [-0.4, -0.2) is 11.6 Å². The van der Waals surface area contributed by atoms with Gasteiger partial charge in [0, 0.05) is 6.92 Å². The SMILES string of the molecule is CCC(C)C=CC1(OC(C)=O)CCCCC1. The van der Waals surface area contributed by atoms with E-state index in [1.165, 1.54) is 13.3 Å². The second-order valence-corrected chi connectivity index (χ2v) is 4.96. The van der Waals surface area contributed by atoms with Crippen LogP contribution in [0, 0.1) is 5.92 Å². The number of allylic oxidation sites excluding steroid dienone is 1. The molecule has 1 fully saturated rings. The Morgan fingerprint density at radius 3 is 2.50 bits per heavy atom. The summed E-state index contributed by atoms with van der Waals surface area (Å²) in [4.78, 5) is 11.2. The molecule has 2 nitrogen and oxygen atoms in total. The van der Waals surface area contributed by atoms with Gasteiger partial charge in [-0.15, -0.1) is 0 Å². The number of carbonyl (C=O) groups excluding carboxylic acids is 1. The molecule has 0 bridgehead atoms. The van der Waals surface area contributed by atoms with Crippen molar-refractivity contribution >= 4 is 5.97 Å². The van der Waals surface area contributed by atoms with E-state index in [0.717, 1.165) is 32.1 Å². The lowest BCUT2D eigenvalue weighted by molar-refractivity contribution is -0.154. The molecule has 0 N–H and O–H groups in total. The highest BCUT2D eigenvalue weighted by atomic mass is 16.6. The van der Waals surface area contributed by atoms with Gasteiger partial charge in [0.05, 0.1) is 0 Å². The predicted molar refractivity (Wildman–Crippen MR) is 66.2 cm³/mol. The smallest absolute Gasteiger partial charge is 0.303 e. The summed E-state index contributed by atoms with van der Waals surface area (Å²) in [5.41, 5.74) is -0.298. The molecule has 1 unspecified atom stereocenters. The Balaban J connectivity index is 2.69. The molecule has 1 aliphatic rings. The monoisotopic (exact) mass is 224 g/mol. The fourth-order valence-corrected chi connectivity index (χ4v) is 2.21. The van der Waals surface area contributed by atoms with Crippen molar-refractivity contribution in [2.24, 2.45) is 5.92 Å². The van der Waals surface area contributed by atoms with E-state index in [2.05, 4.69) is 26.0 Å². The number of hydrogen-bond acceptors (Lipinski definition) is 2. The molecule has 0 aromatic carbocycles. The van der Waals surface area contributed by atoms with E-state index in [4.69, 9.17) is 4.74 Å². The van der Waals surface area contributed by atoms with E-state index in [1.54, 1.807) is 0 Å². The molecule has 0 aromatic rings. The first-order chi connectivity index (χ1) is 7.58. The van der Waals surface area contributed by atoms with Crippen LogP contribution in [0.3, 0.4) is 0 Å². The van der Waals surface area contributed by atoms with Crippen molar-refractivity contribution in [2.45, 2.75) is 64.9 Å². The summed E-state index contributed by atoms with van der Waals surface area (Å²) in [6.07, 6.45) is 11.0. The maximum absolute atomic E-state index is 11.2. The summed E-state index contributed by atoms with van der Waals surface area (Å²) in [6.45, 7) is 5.88. The van der Waals surface area contributed by atoms with Gasteiger partial charge >= 0.3 is 5.97 Å². The minimum atomic E-state index is -0.298. The Morgan fingerprint density at radius 1 is 1.38 bits per heavy atom. The molecule has 2 heteroatoms. The largest absolute Gasteiger partial charge is 0.455 e. The van der Waals surface area contributed by atoms with Crippen molar-refractivity contribution in [3.05, 3.63) is 12.2 Å². The molecular formula is C14H24O2. The van der Waals surface area contributed by atoms with Gasteiger partial charge in [-0.25, -0.2) is 0 Å². The van der Waals surface area contributed by atoms with Crippen LogP contribution in [0.25, 0.3) is 0 Å². The van der Waals surface area contributed by atoms with Crippen LogP contribution in [0.4, 0.5) is 0 Å². The average Bonchev–Trinajstić information content (AvgIpc) is 2.26. The molecule has 1 saturated carbocycles. The first kappa shape index (κ1) is 13.3. The van der Waals surface area contributed by atoms with Gasteiger partial charge in [0.2, 0.25) is 0 Å².